The number of ketones is 1. The first-order valence-electron chi connectivity index (χ1n) is 4.99. The molecule has 0 aliphatic rings. The minimum absolute atomic E-state index is 0.133. The first kappa shape index (κ1) is 12.8. The number of benzene rings is 1. The molecule has 0 atom stereocenters. The van der Waals surface area contributed by atoms with Crippen LogP contribution < -0.4 is 5.32 Å². The summed E-state index contributed by atoms with van der Waals surface area (Å²) in [5.41, 5.74) is 0.766. The molecule has 0 heterocycles. The Balaban J connectivity index is 0.000000500. The average Bonchev–Trinajstić information content (AvgIpc) is 2.21. The molecule has 1 rings (SSSR count). The van der Waals surface area contributed by atoms with E-state index < -0.39 is 0 Å². The van der Waals surface area contributed by atoms with Crippen LogP contribution in [0.3, 0.4) is 0 Å². The third kappa shape index (κ3) is 5.49. The van der Waals surface area contributed by atoms with E-state index in [1.165, 1.54) is 6.42 Å². The van der Waals surface area contributed by atoms with Crippen molar-refractivity contribution in [3.63, 3.8) is 0 Å². The van der Waals surface area contributed by atoms with Gasteiger partial charge in [0.25, 0.3) is 0 Å². The Morgan fingerprint density at radius 2 is 1.71 bits per heavy atom. The highest BCUT2D eigenvalue weighted by molar-refractivity contribution is 5.97. The van der Waals surface area contributed by atoms with Crippen LogP contribution in [0.25, 0.3) is 0 Å². The lowest BCUT2D eigenvalue weighted by atomic mass is 10.1. The van der Waals surface area contributed by atoms with Crippen molar-refractivity contribution in [3.05, 3.63) is 35.9 Å². The van der Waals surface area contributed by atoms with Crippen LogP contribution in [0, 0.1) is 0 Å². The van der Waals surface area contributed by atoms with Gasteiger partial charge >= 0.3 is 0 Å². The summed E-state index contributed by atoms with van der Waals surface area (Å²) in [7, 11) is 1.76. The van der Waals surface area contributed by atoms with Gasteiger partial charge in [0.2, 0.25) is 0 Å². The molecule has 2 heteroatoms. The van der Waals surface area contributed by atoms with E-state index in [4.69, 9.17) is 0 Å². The normalized spacial score (nSPS) is 8.79. The number of likely N-dealkylation sites (N-methyl/N-ethyl adjacent to an activating group) is 1. The highest BCUT2D eigenvalue weighted by atomic mass is 16.1. The minimum atomic E-state index is 0.133. The Morgan fingerprint density at radius 1 is 1.21 bits per heavy atom. The lowest BCUT2D eigenvalue weighted by molar-refractivity contribution is 0.0993. The van der Waals surface area contributed by atoms with Crippen molar-refractivity contribution in [2.24, 2.45) is 0 Å². The number of hydrogen-bond acceptors (Lipinski definition) is 2. The van der Waals surface area contributed by atoms with Crippen LogP contribution in [-0.4, -0.2) is 19.4 Å². The van der Waals surface area contributed by atoms with E-state index in [1.54, 1.807) is 7.05 Å². The van der Waals surface area contributed by atoms with Gasteiger partial charge in [0.1, 0.15) is 0 Å². The van der Waals surface area contributed by atoms with Gasteiger partial charge in [-0.1, -0.05) is 50.6 Å². The average molecular weight is 193 g/mol. The zero-order valence-corrected chi connectivity index (χ0v) is 9.21. The molecule has 0 amide bonds. The van der Waals surface area contributed by atoms with Crippen LogP contribution in [0.4, 0.5) is 0 Å². The number of hydrogen-bond donors (Lipinski definition) is 1. The molecule has 0 spiro atoms. The molecule has 0 fully saturated rings. The lowest BCUT2D eigenvalue weighted by Gasteiger charge is -1.97. The zero-order chi connectivity index (χ0) is 10.8. The van der Waals surface area contributed by atoms with Crippen molar-refractivity contribution in [1.29, 1.82) is 0 Å². The summed E-state index contributed by atoms with van der Waals surface area (Å²) in [5, 5.41) is 2.82. The highest BCUT2D eigenvalue weighted by Gasteiger charge is 2.00. The summed E-state index contributed by atoms with van der Waals surface area (Å²) >= 11 is 0. The largest absolute Gasteiger partial charge is 0.313 e. The van der Waals surface area contributed by atoms with Crippen molar-refractivity contribution in [2.45, 2.75) is 20.3 Å². The summed E-state index contributed by atoms with van der Waals surface area (Å²) in [5.74, 6) is 0.133. The van der Waals surface area contributed by atoms with Gasteiger partial charge < -0.3 is 5.32 Å². The second-order valence-electron chi connectivity index (χ2n) is 3.03. The van der Waals surface area contributed by atoms with Crippen LogP contribution in [0.1, 0.15) is 30.6 Å². The number of nitrogens with one attached hydrogen (secondary N) is 1. The topological polar surface area (TPSA) is 29.1 Å². The number of rotatable bonds is 3. The Hall–Kier alpha value is -1.15. The van der Waals surface area contributed by atoms with Gasteiger partial charge in [-0.2, -0.15) is 0 Å². The van der Waals surface area contributed by atoms with Crippen molar-refractivity contribution in [3.8, 4) is 0 Å². The summed E-state index contributed by atoms with van der Waals surface area (Å²) in [6, 6.07) is 9.27. The first-order chi connectivity index (χ1) is 6.76. The fourth-order valence-corrected chi connectivity index (χ4v) is 0.887. The minimum Gasteiger partial charge on any atom is -0.313 e. The Morgan fingerprint density at radius 3 is 2.14 bits per heavy atom. The van der Waals surface area contributed by atoms with Crippen molar-refractivity contribution >= 4 is 5.78 Å². The van der Waals surface area contributed by atoms with E-state index in [1.807, 2.05) is 30.3 Å². The molecule has 0 bridgehead atoms. The van der Waals surface area contributed by atoms with Crippen molar-refractivity contribution in [1.82, 2.24) is 5.32 Å². The van der Waals surface area contributed by atoms with Gasteiger partial charge in [-0.3, -0.25) is 4.79 Å². The summed E-state index contributed by atoms with van der Waals surface area (Å²) in [6.07, 6.45) is 1.25. The molecule has 0 saturated carbocycles. The standard InChI is InChI=1S/C9H11NO.C3H8/c1-10-7-9(11)8-5-3-2-4-6-8;1-3-2/h2-6,10H,7H2,1H3;3H2,1-2H3. The predicted octanol–water partition coefficient (Wildman–Crippen LogP) is 2.51. The number of Topliss-reactive ketones (excluding diaryl/α,β-unsaturated/α-hetero) is 1. The van der Waals surface area contributed by atoms with Crippen LogP contribution in [0.2, 0.25) is 0 Å². The van der Waals surface area contributed by atoms with Gasteiger partial charge in [-0.15, -0.1) is 0 Å². The molecule has 0 saturated heterocycles. The summed E-state index contributed by atoms with van der Waals surface area (Å²) in [6.45, 7) is 4.66. The van der Waals surface area contributed by atoms with Gasteiger partial charge in [-0.25, -0.2) is 0 Å². The molecule has 0 aliphatic carbocycles. The fourth-order valence-electron chi connectivity index (χ4n) is 0.887. The molecule has 0 aliphatic heterocycles. The maximum atomic E-state index is 11.2. The Labute approximate surface area is 86.3 Å². The molecule has 2 nitrogen and oxygen atoms in total. The quantitative estimate of drug-likeness (QED) is 0.747. The summed E-state index contributed by atoms with van der Waals surface area (Å²) < 4.78 is 0. The third-order valence-electron chi connectivity index (χ3n) is 1.43. The van der Waals surface area contributed by atoms with E-state index >= 15 is 0 Å². The second-order valence-corrected chi connectivity index (χ2v) is 3.03. The molecule has 1 N–H and O–H groups in total. The molecule has 0 aromatic heterocycles. The molecule has 1 aromatic rings. The van der Waals surface area contributed by atoms with E-state index in [9.17, 15) is 4.79 Å². The molecule has 0 unspecified atom stereocenters. The maximum Gasteiger partial charge on any atom is 0.176 e. The zero-order valence-electron chi connectivity index (χ0n) is 9.21. The number of carbonyl (C=O) groups is 1. The van der Waals surface area contributed by atoms with Gasteiger partial charge in [0.05, 0.1) is 6.54 Å². The van der Waals surface area contributed by atoms with Crippen molar-refractivity contribution in [2.75, 3.05) is 13.6 Å². The van der Waals surface area contributed by atoms with E-state index in [0.717, 1.165) is 5.56 Å². The van der Waals surface area contributed by atoms with E-state index in [2.05, 4.69) is 19.2 Å². The van der Waals surface area contributed by atoms with E-state index in [-0.39, 0.29) is 5.78 Å². The Bertz CT molecular complexity index is 244. The molecule has 14 heavy (non-hydrogen) atoms. The Kier molecular flexibility index (Phi) is 7.75. The third-order valence-corrected chi connectivity index (χ3v) is 1.43. The first-order valence-corrected chi connectivity index (χ1v) is 4.99. The molecule has 1 aromatic carbocycles. The maximum absolute atomic E-state index is 11.2. The number of carbonyl (C=O) groups excluding carboxylic acids is 1. The van der Waals surface area contributed by atoms with Crippen molar-refractivity contribution < 1.29 is 4.79 Å². The second kappa shape index (κ2) is 8.45. The van der Waals surface area contributed by atoms with Gasteiger partial charge in [-0.05, 0) is 7.05 Å². The smallest absolute Gasteiger partial charge is 0.176 e. The van der Waals surface area contributed by atoms with E-state index in [0.29, 0.717) is 6.54 Å². The molecule has 78 valence electrons. The van der Waals surface area contributed by atoms with Crippen LogP contribution in [0.15, 0.2) is 30.3 Å². The molecular weight excluding hydrogens is 174 g/mol. The lowest BCUT2D eigenvalue weighted by Crippen LogP contribution is -2.18. The fraction of sp³-hybridized carbons (Fsp3) is 0.417. The monoisotopic (exact) mass is 193 g/mol. The molecular formula is C12H19NO. The SMILES string of the molecule is CCC.CNCC(=O)c1ccccc1. The van der Waals surface area contributed by atoms with Gasteiger partial charge in [0.15, 0.2) is 5.78 Å². The van der Waals surface area contributed by atoms with Crippen LogP contribution in [0.5, 0.6) is 0 Å². The van der Waals surface area contributed by atoms with Crippen LogP contribution in [-0.2, 0) is 0 Å². The highest BCUT2D eigenvalue weighted by Crippen LogP contribution is 1.98. The molecule has 0 radical (unpaired) electrons. The van der Waals surface area contributed by atoms with Gasteiger partial charge in [0, 0.05) is 5.56 Å². The van der Waals surface area contributed by atoms with Crippen LogP contribution >= 0.6 is 0 Å². The summed E-state index contributed by atoms with van der Waals surface area (Å²) in [4.78, 5) is 11.2. The predicted molar refractivity (Wildman–Crippen MR) is 60.7 cm³/mol.